The Bertz CT molecular complexity index is 1030. The van der Waals surface area contributed by atoms with Gasteiger partial charge in [-0.15, -0.1) is 6.58 Å². The number of hydrogen-bond donors (Lipinski definition) is 1. The summed E-state index contributed by atoms with van der Waals surface area (Å²) in [6, 6.07) is 10.1. The van der Waals surface area contributed by atoms with Crippen LogP contribution in [0.15, 0.2) is 49.1 Å². The van der Waals surface area contributed by atoms with E-state index in [1.165, 1.54) is 11.0 Å². The van der Waals surface area contributed by atoms with Crippen LogP contribution in [0.1, 0.15) is 42.9 Å². The van der Waals surface area contributed by atoms with Gasteiger partial charge in [0, 0.05) is 19.0 Å². The Kier molecular flexibility index (Phi) is 6.07. The fourth-order valence-corrected chi connectivity index (χ4v) is 4.76. The molecule has 1 N–H and O–H groups in total. The number of amides is 1. The normalized spacial score (nSPS) is 16.4. The van der Waals surface area contributed by atoms with E-state index in [2.05, 4.69) is 11.3 Å². The summed E-state index contributed by atoms with van der Waals surface area (Å²) >= 11 is 0. The standard InChI is InChI=1S/C22H25FN2O3S/c1-4-10-25-21(26)11-15(3)19-12-18(13-20(23)22(19)25)24-29(27,28)14-17-8-6-16(5-2)7-9-17/h4,6-9,12-13,15,24H,1,5,10-11,14H2,2-3H3. The SMILES string of the molecule is C=CCN1C(=O)CC(C)c2cc(NS(=O)(=O)Cc3ccc(CC)cc3)cc(F)c21. The number of sulfonamides is 1. The number of fused-ring (bicyclic) bond motifs is 1. The fraction of sp³-hybridized carbons (Fsp3) is 0.318. The third kappa shape index (κ3) is 4.67. The molecule has 0 spiro atoms. The molecule has 1 atom stereocenters. The molecule has 7 heteroatoms. The predicted molar refractivity (Wildman–Crippen MR) is 114 cm³/mol. The maximum absolute atomic E-state index is 14.9. The van der Waals surface area contributed by atoms with Gasteiger partial charge in [-0.3, -0.25) is 9.52 Å². The molecule has 0 fully saturated rings. The molecule has 0 bridgehead atoms. The van der Waals surface area contributed by atoms with E-state index in [0.717, 1.165) is 18.1 Å². The van der Waals surface area contributed by atoms with Crippen molar-refractivity contribution in [3.8, 4) is 0 Å². The highest BCUT2D eigenvalue weighted by Gasteiger charge is 2.31. The first-order valence-corrected chi connectivity index (χ1v) is 11.2. The van der Waals surface area contributed by atoms with E-state index in [1.807, 2.05) is 26.0 Å². The van der Waals surface area contributed by atoms with Crippen molar-refractivity contribution < 1.29 is 17.6 Å². The average Bonchev–Trinajstić information content (AvgIpc) is 2.65. The number of carbonyl (C=O) groups excluding carboxylic acids is 1. The van der Waals surface area contributed by atoms with Gasteiger partial charge < -0.3 is 4.90 Å². The zero-order valence-electron chi connectivity index (χ0n) is 16.6. The minimum absolute atomic E-state index is 0.159. The number of aryl methyl sites for hydroxylation is 1. The van der Waals surface area contributed by atoms with Crippen molar-refractivity contribution in [2.45, 2.75) is 38.4 Å². The van der Waals surface area contributed by atoms with Crippen LogP contribution < -0.4 is 9.62 Å². The second-order valence-corrected chi connectivity index (χ2v) is 9.05. The molecule has 1 unspecified atom stereocenters. The van der Waals surface area contributed by atoms with Gasteiger partial charge in [-0.1, -0.05) is 44.2 Å². The number of hydrogen-bond acceptors (Lipinski definition) is 3. The van der Waals surface area contributed by atoms with E-state index in [-0.39, 0.29) is 41.9 Å². The number of halogens is 1. The van der Waals surface area contributed by atoms with Gasteiger partial charge in [-0.2, -0.15) is 0 Å². The minimum atomic E-state index is -3.72. The van der Waals surface area contributed by atoms with Crippen LogP contribution in [-0.4, -0.2) is 20.9 Å². The van der Waals surface area contributed by atoms with E-state index >= 15 is 0 Å². The largest absolute Gasteiger partial charge is 0.306 e. The quantitative estimate of drug-likeness (QED) is 0.682. The summed E-state index contributed by atoms with van der Waals surface area (Å²) in [5.74, 6) is -1.22. The highest BCUT2D eigenvalue weighted by molar-refractivity contribution is 7.91. The Morgan fingerprint density at radius 1 is 1.24 bits per heavy atom. The molecule has 0 aliphatic carbocycles. The number of anilines is 2. The van der Waals surface area contributed by atoms with Crippen LogP contribution in [0.4, 0.5) is 15.8 Å². The van der Waals surface area contributed by atoms with Crippen LogP contribution in [0.2, 0.25) is 0 Å². The van der Waals surface area contributed by atoms with Crippen molar-refractivity contribution in [3.63, 3.8) is 0 Å². The van der Waals surface area contributed by atoms with Crippen molar-refractivity contribution in [1.82, 2.24) is 0 Å². The first-order valence-electron chi connectivity index (χ1n) is 9.57. The Hall–Kier alpha value is -2.67. The molecule has 0 radical (unpaired) electrons. The molecule has 0 aromatic heterocycles. The van der Waals surface area contributed by atoms with Gasteiger partial charge in [-0.05, 0) is 35.1 Å². The molecule has 5 nitrogen and oxygen atoms in total. The molecule has 0 saturated heterocycles. The summed E-state index contributed by atoms with van der Waals surface area (Å²) in [6.45, 7) is 7.68. The molecule has 1 aliphatic heterocycles. The summed E-state index contributed by atoms with van der Waals surface area (Å²) in [4.78, 5) is 13.6. The summed E-state index contributed by atoms with van der Waals surface area (Å²) in [5.41, 5.74) is 2.75. The summed E-state index contributed by atoms with van der Waals surface area (Å²) in [7, 11) is -3.72. The Morgan fingerprint density at radius 3 is 2.52 bits per heavy atom. The number of carbonyl (C=O) groups is 1. The molecule has 29 heavy (non-hydrogen) atoms. The van der Waals surface area contributed by atoms with Gasteiger partial charge in [0.1, 0.15) is 5.82 Å². The molecular weight excluding hydrogens is 391 g/mol. The Labute approximate surface area is 171 Å². The van der Waals surface area contributed by atoms with Gasteiger partial charge in [0.2, 0.25) is 15.9 Å². The van der Waals surface area contributed by atoms with Crippen LogP contribution in [0.3, 0.4) is 0 Å². The first kappa shape index (κ1) is 21.0. The fourth-order valence-electron chi connectivity index (χ4n) is 3.57. The number of nitrogens with zero attached hydrogens (tertiary/aromatic N) is 1. The van der Waals surface area contributed by atoms with E-state index < -0.39 is 15.8 Å². The van der Waals surface area contributed by atoms with Gasteiger partial charge in [0.25, 0.3) is 0 Å². The molecule has 1 aliphatic rings. The van der Waals surface area contributed by atoms with Crippen molar-refractivity contribution >= 4 is 27.3 Å². The maximum Gasteiger partial charge on any atom is 0.236 e. The van der Waals surface area contributed by atoms with Crippen molar-refractivity contribution in [2.75, 3.05) is 16.2 Å². The lowest BCUT2D eigenvalue weighted by molar-refractivity contribution is -0.119. The summed E-state index contributed by atoms with van der Waals surface area (Å²) in [6.07, 6.45) is 2.65. The molecule has 0 saturated carbocycles. The topological polar surface area (TPSA) is 66.5 Å². The Morgan fingerprint density at radius 2 is 1.90 bits per heavy atom. The first-order chi connectivity index (χ1) is 13.7. The second kappa shape index (κ2) is 8.37. The molecule has 2 aromatic carbocycles. The number of nitrogens with one attached hydrogen (secondary N) is 1. The Balaban J connectivity index is 1.88. The van der Waals surface area contributed by atoms with Crippen molar-refractivity contribution in [1.29, 1.82) is 0 Å². The molecule has 3 rings (SSSR count). The lowest BCUT2D eigenvalue weighted by atomic mass is 9.90. The summed E-state index contributed by atoms with van der Waals surface area (Å²) in [5, 5.41) is 0. The van der Waals surface area contributed by atoms with E-state index in [0.29, 0.717) is 11.1 Å². The number of benzene rings is 2. The lowest BCUT2D eigenvalue weighted by Gasteiger charge is -2.32. The second-order valence-electron chi connectivity index (χ2n) is 7.33. The highest BCUT2D eigenvalue weighted by atomic mass is 32.2. The van der Waals surface area contributed by atoms with E-state index in [9.17, 15) is 17.6 Å². The van der Waals surface area contributed by atoms with Crippen LogP contribution >= 0.6 is 0 Å². The van der Waals surface area contributed by atoms with Crippen LogP contribution in [0.25, 0.3) is 0 Å². The molecule has 2 aromatic rings. The van der Waals surface area contributed by atoms with E-state index in [4.69, 9.17) is 0 Å². The molecular formula is C22H25FN2O3S. The molecule has 1 amide bonds. The highest BCUT2D eigenvalue weighted by Crippen LogP contribution is 2.39. The zero-order valence-corrected chi connectivity index (χ0v) is 17.4. The predicted octanol–water partition coefficient (Wildman–Crippen LogP) is 4.36. The number of rotatable bonds is 7. The third-order valence-corrected chi connectivity index (χ3v) is 6.31. The lowest BCUT2D eigenvalue weighted by Crippen LogP contribution is -2.37. The molecule has 1 heterocycles. The van der Waals surface area contributed by atoms with Gasteiger partial charge in [0.05, 0.1) is 17.1 Å². The molecule has 154 valence electrons. The summed E-state index contributed by atoms with van der Waals surface area (Å²) < 4.78 is 42.5. The maximum atomic E-state index is 14.9. The van der Waals surface area contributed by atoms with E-state index in [1.54, 1.807) is 18.2 Å². The smallest absolute Gasteiger partial charge is 0.236 e. The third-order valence-electron chi connectivity index (χ3n) is 5.05. The van der Waals surface area contributed by atoms with Gasteiger partial charge >= 0.3 is 0 Å². The van der Waals surface area contributed by atoms with Crippen molar-refractivity contribution in [2.24, 2.45) is 0 Å². The van der Waals surface area contributed by atoms with Gasteiger partial charge in [-0.25, -0.2) is 12.8 Å². The minimum Gasteiger partial charge on any atom is -0.306 e. The van der Waals surface area contributed by atoms with Crippen LogP contribution in [-0.2, 0) is 27.0 Å². The van der Waals surface area contributed by atoms with Crippen molar-refractivity contribution in [3.05, 3.63) is 71.6 Å². The van der Waals surface area contributed by atoms with Crippen LogP contribution in [0.5, 0.6) is 0 Å². The average molecular weight is 417 g/mol. The monoisotopic (exact) mass is 416 g/mol. The van der Waals surface area contributed by atoms with Gasteiger partial charge in [0.15, 0.2) is 0 Å². The van der Waals surface area contributed by atoms with Crippen LogP contribution in [0, 0.1) is 5.82 Å². The zero-order chi connectivity index (χ0) is 21.2.